The fourth-order valence-electron chi connectivity index (χ4n) is 2.57. The molecule has 1 aliphatic heterocycles. The molecule has 0 spiro atoms. The van der Waals surface area contributed by atoms with Crippen molar-refractivity contribution < 1.29 is 23.1 Å². The number of nitrogens with one attached hydrogen (secondary N) is 1. The highest BCUT2D eigenvalue weighted by Crippen LogP contribution is 2.18. The Hall–Kier alpha value is -2.75. The fraction of sp³-hybridized carbons (Fsp3) is 0.222. The molecule has 0 radical (unpaired) electrons. The average Bonchev–Trinajstić information content (AvgIpc) is 2.69. The average molecular weight is 389 g/mol. The van der Waals surface area contributed by atoms with Crippen LogP contribution < -0.4 is 5.43 Å². The van der Waals surface area contributed by atoms with Gasteiger partial charge in [-0.15, -0.1) is 0 Å². The molecule has 2 aromatic rings. The van der Waals surface area contributed by atoms with Crippen molar-refractivity contribution in [1.82, 2.24) is 9.73 Å². The fourth-order valence-corrected chi connectivity index (χ4v) is 4.02. The Bertz CT molecular complexity index is 953. The van der Waals surface area contributed by atoms with Crippen LogP contribution in [-0.2, 0) is 14.8 Å². The Labute approximate surface area is 157 Å². The van der Waals surface area contributed by atoms with Crippen LogP contribution in [0.2, 0.25) is 0 Å². The summed E-state index contributed by atoms with van der Waals surface area (Å²) in [7, 11) is -3.68. The third-order valence-corrected chi connectivity index (χ3v) is 5.85. The van der Waals surface area contributed by atoms with E-state index in [9.17, 15) is 18.3 Å². The highest BCUT2D eigenvalue weighted by atomic mass is 32.2. The van der Waals surface area contributed by atoms with Crippen molar-refractivity contribution in [3.05, 3.63) is 59.7 Å². The largest absolute Gasteiger partial charge is 0.508 e. The van der Waals surface area contributed by atoms with Gasteiger partial charge in [0.1, 0.15) is 5.75 Å². The van der Waals surface area contributed by atoms with Gasteiger partial charge in [0.25, 0.3) is 5.91 Å². The number of carbonyl (C=O) groups is 1. The summed E-state index contributed by atoms with van der Waals surface area (Å²) in [6, 6.07) is 12.2. The van der Waals surface area contributed by atoms with Gasteiger partial charge in [-0.2, -0.15) is 9.41 Å². The molecule has 0 unspecified atom stereocenters. The molecule has 1 saturated heterocycles. The molecule has 0 aliphatic carbocycles. The molecule has 27 heavy (non-hydrogen) atoms. The van der Waals surface area contributed by atoms with Gasteiger partial charge in [-0.3, -0.25) is 4.79 Å². The smallest absolute Gasteiger partial charge is 0.271 e. The number of hydrazone groups is 1. The molecule has 0 bridgehead atoms. The number of ether oxygens (including phenoxy) is 1. The lowest BCUT2D eigenvalue weighted by Crippen LogP contribution is -2.40. The predicted molar refractivity (Wildman–Crippen MR) is 99.2 cm³/mol. The standard InChI is InChI=1S/C18H19N3O5S/c22-16-5-1-3-14(11-16)13-19-20-18(23)15-4-2-6-17(12-15)27(24,25)21-7-9-26-10-8-21/h1-6,11-13,22H,7-10H2,(H,20,23)/b19-13-. The van der Waals surface area contributed by atoms with Crippen molar-refractivity contribution in [3.63, 3.8) is 0 Å². The summed E-state index contributed by atoms with van der Waals surface area (Å²) in [5, 5.41) is 13.2. The number of nitrogens with zero attached hydrogens (tertiary/aromatic N) is 2. The highest BCUT2D eigenvalue weighted by molar-refractivity contribution is 7.89. The molecule has 3 rings (SSSR count). The van der Waals surface area contributed by atoms with Crippen molar-refractivity contribution in [3.8, 4) is 5.75 Å². The van der Waals surface area contributed by atoms with Crippen LogP contribution in [0.3, 0.4) is 0 Å². The van der Waals surface area contributed by atoms with Gasteiger partial charge in [0, 0.05) is 18.7 Å². The molecule has 1 aliphatic rings. The molecular formula is C18H19N3O5S. The van der Waals surface area contributed by atoms with E-state index in [1.54, 1.807) is 12.1 Å². The first kappa shape index (κ1) is 19.0. The minimum atomic E-state index is -3.68. The van der Waals surface area contributed by atoms with Gasteiger partial charge < -0.3 is 9.84 Å². The number of hydrogen-bond donors (Lipinski definition) is 2. The monoisotopic (exact) mass is 389 g/mol. The van der Waals surface area contributed by atoms with Crippen molar-refractivity contribution in [2.45, 2.75) is 4.90 Å². The number of phenols is 1. The van der Waals surface area contributed by atoms with E-state index >= 15 is 0 Å². The summed E-state index contributed by atoms with van der Waals surface area (Å²) in [5.41, 5.74) is 3.13. The maximum atomic E-state index is 12.7. The lowest BCUT2D eigenvalue weighted by molar-refractivity contribution is 0.0730. The molecule has 142 valence electrons. The number of aromatic hydroxyl groups is 1. The lowest BCUT2D eigenvalue weighted by Gasteiger charge is -2.26. The van der Waals surface area contributed by atoms with Crippen molar-refractivity contribution in [2.24, 2.45) is 5.10 Å². The first-order valence-corrected chi connectivity index (χ1v) is 9.71. The summed E-state index contributed by atoms with van der Waals surface area (Å²) in [4.78, 5) is 12.3. The molecule has 8 nitrogen and oxygen atoms in total. The van der Waals surface area contributed by atoms with E-state index in [1.807, 2.05) is 0 Å². The van der Waals surface area contributed by atoms with Crippen LogP contribution >= 0.6 is 0 Å². The number of carbonyl (C=O) groups excluding carboxylic acids is 1. The molecule has 0 aromatic heterocycles. The third kappa shape index (κ3) is 4.70. The van der Waals surface area contributed by atoms with Gasteiger partial charge in [-0.1, -0.05) is 18.2 Å². The van der Waals surface area contributed by atoms with Crippen LogP contribution in [0.4, 0.5) is 0 Å². The SMILES string of the molecule is O=C(N/N=C\c1cccc(O)c1)c1cccc(S(=O)(=O)N2CCOCC2)c1. The Morgan fingerprint density at radius 2 is 1.89 bits per heavy atom. The highest BCUT2D eigenvalue weighted by Gasteiger charge is 2.26. The number of benzene rings is 2. The zero-order valence-electron chi connectivity index (χ0n) is 14.4. The Balaban J connectivity index is 1.72. The van der Waals surface area contributed by atoms with Crippen LogP contribution in [0, 0.1) is 0 Å². The number of hydrogen-bond acceptors (Lipinski definition) is 6. The van der Waals surface area contributed by atoms with Gasteiger partial charge in [0.15, 0.2) is 0 Å². The molecule has 0 atom stereocenters. The second-order valence-electron chi connectivity index (χ2n) is 5.84. The summed E-state index contributed by atoms with van der Waals surface area (Å²) in [6.45, 7) is 1.27. The van der Waals surface area contributed by atoms with Crippen LogP contribution in [0.1, 0.15) is 15.9 Å². The maximum absolute atomic E-state index is 12.7. The Kier molecular flexibility index (Phi) is 5.84. The molecule has 0 saturated carbocycles. The van der Waals surface area contributed by atoms with Crippen LogP contribution in [0.25, 0.3) is 0 Å². The normalized spacial score (nSPS) is 15.7. The number of morpholine rings is 1. The molecule has 1 fully saturated rings. The summed E-state index contributed by atoms with van der Waals surface area (Å²) in [5.74, 6) is -0.447. The number of phenolic OH excluding ortho intramolecular Hbond substituents is 1. The van der Waals surface area contributed by atoms with Gasteiger partial charge in [0.2, 0.25) is 10.0 Å². The van der Waals surface area contributed by atoms with E-state index in [0.717, 1.165) is 0 Å². The van der Waals surface area contributed by atoms with Crippen LogP contribution in [0.5, 0.6) is 5.75 Å². The van der Waals surface area contributed by atoms with Gasteiger partial charge in [0.05, 0.1) is 24.3 Å². The molecule has 1 amide bonds. The second kappa shape index (κ2) is 8.30. The van der Waals surface area contributed by atoms with Gasteiger partial charge in [-0.25, -0.2) is 13.8 Å². The maximum Gasteiger partial charge on any atom is 0.271 e. The van der Waals surface area contributed by atoms with Crippen LogP contribution in [-0.4, -0.2) is 56.3 Å². The first-order valence-electron chi connectivity index (χ1n) is 8.27. The van der Waals surface area contributed by atoms with E-state index in [-0.39, 0.29) is 29.3 Å². The second-order valence-corrected chi connectivity index (χ2v) is 7.78. The van der Waals surface area contributed by atoms with Gasteiger partial charge >= 0.3 is 0 Å². The minimum Gasteiger partial charge on any atom is -0.508 e. The molecule has 1 heterocycles. The predicted octanol–water partition coefficient (Wildman–Crippen LogP) is 1.18. The van der Waals surface area contributed by atoms with Crippen molar-refractivity contribution >= 4 is 22.1 Å². The van der Waals surface area contributed by atoms with E-state index in [4.69, 9.17) is 4.74 Å². The van der Waals surface area contributed by atoms with Crippen LogP contribution in [0.15, 0.2) is 58.5 Å². The summed E-state index contributed by atoms with van der Waals surface area (Å²) in [6.07, 6.45) is 1.38. The zero-order valence-corrected chi connectivity index (χ0v) is 15.2. The quantitative estimate of drug-likeness (QED) is 0.590. The van der Waals surface area contributed by atoms with Crippen molar-refractivity contribution in [1.29, 1.82) is 0 Å². The number of rotatable bonds is 5. The first-order chi connectivity index (χ1) is 13.0. The molecule has 2 aromatic carbocycles. The molecule has 9 heteroatoms. The third-order valence-electron chi connectivity index (χ3n) is 3.95. The molecular weight excluding hydrogens is 370 g/mol. The zero-order chi connectivity index (χ0) is 19.3. The van der Waals surface area contributed by atoms with E-state index < -0.39 is 15.9 Å². The minimum absolute atomic E-state index is 0.0500. The number of sulfonamides is 1. The Morgan fingerprint density at radius 1 is 1.15 bits per heavy atom. The van der Waals surface area contributed by atoms with E-state index in [2.05, 4.69) is 10.5 Å². The van der Waals surface area contributed by atoms with Crippen molar-refractivity contribution in [2.75, 3.05) is 26.3 Å². The summed E-state index contributed by atoms with van der Waals surface area (Å²) >= 11 is 0. The van der Waals surface area contributed by atoms with Gasteiger partial charge in [-0.05, 0) is 35.9 Å². The lowest BCUT2D eigenvalue weighted by atomic mass is 10.2. The number of amides is 1. The Morgan fingerprint density at radius 3 is 2.63 bits per heavy atom. The topological polar surface area (TPSA) is 108 Å². The van der Waals surface area contributed by atoms with E-state index in [1.165, 1.54) is 46.9 Å². The summed E-state index contributed by atoms with van der Waals surface area (Å²) < 4.78 is 31.9. The van der Waals surface area contributed by atoms with E-state index in [0.29, 0.717) is 18.8 Å². The molecule has 2 N–H and O–H groups in total.